The molecule has 0 aliphatic carbocycles. The van der Waals surface area contributed by atoms with Crippen molar-refractivity contribution in [2.45, 2.75) is 31.9 Å². The molecule has 1 aliphatic rings. The monoisotopic (exact) mass is 597 g/mol. The molecule has 3 aromatic rings. The summed E-state index contributed by atoms with van der Waals surface area (Å²) in [6.07, 6.45) is -1.33. The van der Waals surface area contributed by atoms with Gasteiger partial charge in [-0.25, -0.2) is 9.78 Å². The van der Waals surface area contributed by atoms with E-state index in [0.717, 1.165) is 66.2 Å². The zero-order chi connectivity index (χ0) is 26.8. The molecule has 1 fully saturated rings. The first-order valence-corrected chi connectivity index (χ1v) is 13.4. The van der Waals surface area contributed by atoms with Crippen LogP contribution in [0.25, 0.3) is 11.3 Å². The quantitative estimate of drug-likeness (QED) is 0.318. The van der Waals surface area contributed by atoms with Crippen molar-refractivity contribution in [1.29, 1.82) is 0 Å². The van der Waals surface area contributed by atoms with Crippen molar-refractivity contribution in [3.05, 3.63) is 70.0 Å². The van der Waals surface area contributed by atoms with E-state index in [0.29, 0.717) is 0 Å². The Kier molecular flexibility index (Phi) is 10.5. The highest BCUT2D eigenvalue weighted by molar-refractivity contribution is 9.10. The summed E-state index contributed by atoms with van der Waals surface area (Å²) >= 11 is 5.16. The van der Waals surface area contributed by atoms with Crippen LogP contribution in [0.3, 0.4) is 0 Å². The van der Waals surface area contributed by atoms with Crippen LogP contribution in [0.5, 0.6) is 0 Å². The van der Waals surface area contributed by atoms with Crippen molar-refractivity contribution in [2.24, 2.45) is 5.92 Å². The first-order chi connectivity index (χ1) is 17.6. The summed E-state index contributed by atoms with van der Waals surface area (Å²) in [6.45, 7) is 2.52. The second kappa shape index (κ2) is 13.6. The Morgan fingerprint density at radius 1 is 1.08 bits per heavy atom. The molecule has 6 nitrogen and oxygen atoms in total. The molecular formula is C26H27BrF3N3O3S. The third-order valence-electron chi connectivity index (χ3n) is 5.80. The van der Waals surface area contributed by atoms with Gasteiger partial charge in [0.2, 0.25) is 5.91 Å². The third-order valence-corrected chi connectivity index (χ3v) is 7.23. The summed E-state index contributed by atoms with van der Waals surface area (Å²) in [5.74, 6) is -2.44. The number of piperidine rings is 1. The first kappa shape index (κ1) is 28.6. The van der Waals surface area contributed by atoms with E-state index in [1.807, 2.05) is 18.2 Å². The van der Waals surface area contributed by atoms with Crippen LogP contribution in [0.2, 0.25) is 0 Å². The molecule has 0 saturated carbocycles. The number of hydrogen-bond acceptors (Lipinski definition) is 5. The number of anilines is 1. The van der Waals surface area contributed by atoms with E-state index in [1.165, 1.54) is 5.56 Å². The Bertz CT molecular complexity index is 1150. The van der Waals surface area contributed by atoms with Crippen LogP contribution in [0, 0.1) is 5.92 Å². The fourth-order valence-corrected chi connectivity index (χ4v) is 4.94. The van der Waals surface area contributed by atoms with Gasteiger partial charge in [-0.3, -0.25) is 4.79 Å². The predicted molar refractivity (Wildman–Crippen MR) is 142 cm³/mol. The minimum absolute atomic E-state index is 0.115. The van der Waals surface area contributed by atoms with E-state index in [1.54, 1.807) is 11.3 Å². The lowest BCUT2D eigenvalue weighted by molar-refractivity contribution is -0.192. The second-order valence-corrected chi connectivity index (χ2v) is 10.2. The molecule has 1 saturated heterocycles. The van der Waals surface area contributed by atoms with Gasteiger partial charge in [0.15, 0.2) is 5.13 Å². The Hall–Kier alpha value is -2.92. The SMILES string of the molecule is O=C(NCCCc1ccccc1)C1CCN(c2nc(-c3ccc(Br)cc3)cs2)CC1.O=C(O)C(F)(F)F. The lowest BCUT2D eigenvalue weighted by Gasteiger charge is -2.31. The predicted octanol–water partition coefficient (Wildman–Crippen LogP) is 6.17. The Balaban J connectivity index is 0.000000479. The lowest BCUT2D eigenvalue weighted by Crippen LogP contribution is -2.40. The number of amides is 1. The van der Waals surface area contributed by atoms with E-state index >= 15 is 0 Å². The van der Waals surface area contributed by atoms with Crippen molar-refractivity contribution >= 4 is 44.3 Å². The number of nitrogens with zero attached hydrogens (tertiary/aromatic N) is 2. The van der Waals surface area contributed by atoms with Crippen molar-refractivity contribution in [1.82, 2.24) is 10.3 Å². The number of rotatable bonds is 7. The maximum absolute atomic E-state index is 12.5. The van der Waals surface area contributed by atoms with Crippen LogP contribution in [0.15, 0.2) is 64.5 Å². The van der Waals surface area contributed by atoms with E-state index in [2.05, 4.69) is 67.9 Å². The molecule has 0 unspecified atom stereocenters. The van der Waals surface area contributed by atoms with E-state index in [4.69, 9.17) is 14.9 Å². The molecule has 1 amide bonds. The number of carboxylic acid groups (broad SMARTS) is 1. The second-order valence-electron chi connectivity index (χ2n) is 8.47. The molecule has 2 heterocycles. The highest BCUT2D eigenvalue weighted by Gasteiger charge is 2.38. The number of alkyl halides is 3. The number of aromatic nitrogens is 1. The molecule has 0 radical (unpaired) electrons. The fraction of sp³-hybridized carbons (Fsp3) is 0.346. The van der Waals surface area contributed by atoms with Crippen molar-refractivity contribution in [3.8, 4) is 11.3 Å². The number of aliphatic carboxylic acids is 1. The van der Waals surface area contributed by atoms with Crippen LogP contribution in [0.1, 0.15) is 24.8 Å². The van der Waals surface area contributed by atoms with Gasteiger partial charge in [-0.15, -0.1) is 11.3 Å². The van der Waals surface area contributed by atoms with Gasteiger partial charge in [0, 0.05) is 41.0 Å². The molecule has 1 aliphatic heterocycles. The number of aryl methyl sites for hydroxylation is 1. The van der Waals surface area contributed by atoms with Gasteiger partial charge in [0.25, 0.3) is 0 Å². The standard InChI is InChI=1S/C24H26BrN3OS.C2HF3O2/c25-21-10-8-19(9-11-21)22-17-30-24(27-22)28-15-12-20(13-16-28)23(29)26-14-4-7-18-5-2-1-3-6-18;3-2(4,5)1(6)7/h1-3,5-6,8-11,17,20H,4,7,12-16H2,(H,26,29);(H,6,7). The van der Waals surface area contributed by atoms with Gasteiger partial charge < -0.3 is 15.3 Å². The van der Waals surface area contributed by atoms with Gasteiger partial charge in [-0.1, -0.05) is 58.4 Å². The molecule has 0 bridgehead atoms. The number of carboxylic acids is 1. The number of nitrogens with one attached hydrogen (secondary N) is 1. The smallest absolute Gasteiger partial charge is 0.475 e. The molecule has 4 rings (SSSR count). The average molecular weight is 598 g/mol. The minimum atomic E-state index is -5.08. The van der Waals surface area contributed by atoms with Crippen LogP contribution >= 0.6 is 27.3 Å². The topological polar surface area (TPSA) is 82.5 Å². The summed E-state index contributed by atoms with van der Waals surface area (Å²) in [4.78, 5) is 28.6. The number of thiazole rings is 1. The lowest BCUT2D eigenvalue weighted by atomic mass is 9.96. The Labute approximate surface area is 225 Å². The summed E-state index contributed by atoms with van der Waals surface area (Å²) in [7, 11) is 0. The van der Waals surface area contributed by atoms with Gasteiger partial charge in [0.05, 0.1) is 5.69 Å². The number of carbonyl (C=O) groups excluding carboxylic acids is 1. The van der Waals surface area contributed by atoms with Gasteiger partial charge in [-0.2, -0.15) is 13.2 Å². The van der Waals surface area contributed by atoms with E-state index in [9.17, 15) is 18.0 Å². The van der Waals surface area contributed by atoms with Crippen molar-refractivity contribution in [2.75, 3.05) is 24.5 Å². The maximum Gasteiger partial charge on any atom is 0.490 e. The van der Waals surface area contributed by atoms with Crippen LogP contribution < -0.4 is 10.2 Å². The van der Waals surface area contributed by atoms with Crippen molar-refractivity contribution < 1.29 is 27.9 Å². The van der Waals surface area contributed by atoms with Crippen LogP contribution in [0.4, 0.5) is 18.3 Å². The molecule has 2 N–H and O–H groups in total. The highest BCUT2D eigenvalue weighted by atomic mass is 79.9. The first-order valence-electron chi connectivity index (χ1n) is 11.7. The Morgan fingerprint density at radius 3 is 2.30 bits per heavy atom. The largest absolute Gasteiger partial charge is 0.490 e. The number of hydrogen-bond donors (Lipinski definition) is 2. The van der Waals surface area contributed by atoms with Gasteiger partial charge >= 0.3 is 12.1 Å². The zero-order valence-corrected chi connectivity index (χ0v) is 22.3. The zero-order valence-electron chi connectivity index (χ0n) is 19.9. The van der Waals surface area contributed by atoms with Crippen LogP contribution in [-0.2, 0) is 16.0 Å². The summed E-state index contributed by atoms with van der Waals surface area (Å²) in [6, 6.07) is 18.7. The van der Waals surface area contributed by atoms with E-state index < -0.39 is 12.1 Å². The number of halogens is 4. The molecule has 0 atom stereocenters. The average Bonchev–Trinajstić information content (AvgIpc) is 3.38. The third kappa shape index (κ3) is 9.15. The summed E-state index contributed by atoms with van der Waals surface area (Å²) in [5.41, 5.74) is 3.47. The molecule has 2 aromatic carbocycles. The highest BCUT2D eigenvalue weighted by Crippen LogP contribution is 2.31. The fourth-order valence-electron chi connectivity index (χ4n) is 3.79. The minimum Gasteiger partial charge on any atom is -0.475 e. The Morgan fingerprint density at radius 2 is 1.70 bits per heavy atom. The molecule has 37 heavy (non-hydrogen) atoms. The summed E-state index contributed by atoms with van der Waals surface area (Å²) < 4.78 is 32.8. The molecule has 198 valence electrons. The normalized spacial score (nSPS) is 14.0. The summed E-state index contributed by atoms with van der Waals surface area (Å²) in [5, 5.41) is 13.4. The number of benzene rings is 2. The maximum atomic E-state index is 12.5. The molecular weight excluding hydrogens is 571 g/mol. The van der Waals surface area contributed by atoms with Crippen LogP contribution in [-0.4, -0.2) is 47.8 Å². The molecule has 11 heteroatoms. The van der Waals surface area contributed by atoms with Crippen molar-refractivity contribution in [3.63, 3.8) is 0 Å². The molecule has 0 spiro atoms. The number of carbonyl (C=O) groups is 2. The van der Waals surface area contributed by atoms with Gasteiger partial charge in [-0.05, 0) is 43.4 Å². The molecule has 1 aromatic heterocycles. The van der Waals surface area contributed by atoms with Gasteiger partial charge in [0.1, 0.15) is 0 Å². The van der Waals surface area contributed by atoms with E-state index in [-0.39, 0.29) is 11.8 Å².